The highest BCUT2D eigenvalue weighted by atomic mass is 16.6. The van der Waals surface area contributed by atoms with Crippen molar-refractivity contribution in [1.29, 1.82) is 0 Å². The van der Waals surface area contributed by atoms with Crippen molar-refractivity contribution < 1.29 is 95.3 Å². The molecule has 20 nitrogen and oxygen atoms in total. The van der Waals surface area contributed by atoms with Crippen LogP contribution in [-0.4, -0.2) is 123 Å². The van der Waals surface area contributed by atoms with Crippen molar-refractivity contribution in [3.63, 3.8) is 0 Å². The van der Waals surface area contributed by atoms with Crippen LogP contribution in [0.2, 0.25) is 0 Å². The Kier molecular flexibility index (Phi) is 32.9. The minimum absolute atomic E-state index is 0. The highest BCUT2D eigenvalue weighted by molar-refractivity contribution is 5.82. The monoisotopic (exact) mass is 1760 g/mol. The van der Waals surface area contributed by atoms with Crippen LogP contribution in [0.5, 0.6) is 0 Å². The van der Waals surface area contributed by atoms with E-state index in [4.69, 9.17) is 47.4 Å². The second-order valence-electron chi connectivity index (χ2n) is 44.6. The standard InChI is InChI=1S/C22H32O4.C21H30O4.C20H28O4.C17H26O4.C15H22O4.10CH4/c1-5-21(3,4)20(24)26-19-11(2)13-7-14(19)18-15-6-12(17(13)18)8-22(15)9-16(23)25-10-22;1-4-20(2,3)19(23)25-15-7-11-5-13(15)17-12-6-14(18(11)17)21(8-12)9-16(22)24-10-21;1-3-10(2)19(22)24-15-6-11-4-13(15)18-14-5-12(17(11)18)7-20(14)8-16(21)23-9-20;1-5-16(3,4)14(18)21-13-10(2)11-8-12(13)17(9-11)6-7-20-15(17)19;1-3-9(2)13(16)19-12-7-10-6-11(12)15(8-10)4-5-18-14(15)17;;;;;;;;;;/h11-15,17-19H,5-10H2,1-4H3;11-15,17-18H,4-10H2,1-3H3;10-15,17-18H,3-9H2,1-2H3;10-13H,5-9H2,1-4H3;9-12H,3-8H2,1-2H3;10*1H4. The summed E-state index contributed by atoms with van der Waals surface area (Å²) in [7, 11) is 0. The Bertz CT molecular complexity index is 3860. The molecule has 5 heterocycles. The van der Waals surface area contributed by atoms with E-state index in [2.05, 4.69) is 27.7 Å². The molecule has 125 heavy (non-hydrogen) atoms. The molecule has 718 valence electrons. The second-order valence-corrected chi connectivity index (χ2v) is 44.6. The number of cyclic esters (lactones) is 5. The van der Waals surface area contributed by atoms with Crippen molar-refractivity contribution in [3.05, 3.63) is 0 Å². The first-order chi connectivity index (χ1) is 54.5. The SMILES string of the molecule is C.C.C.C.C.C.C.C.C.C.CCC(C)(C)C(=O)OC1C(C)C2CC1C1(CCOC1=O)C2.CCC(C)(C)C(=O)OC1C(C)C2CC1C1C2C2CC1C1(COC(=O)C1)C2.CCC(C)(C)C(=O)OC1CC2CC1C1C3CC(C21)C1(COC(=O)C1)C3.CCC(C)C(=O)OC1CC2CC1C1(CCOC1=O)C2.CCC(C)C(=O)OC1CC2CC1C1C2C2CC1C1(COC(=O)C1)C2. The van der Waals surface area contributed by atoms with Gasteiger partial charge >= 0.3 is 59.7 Å². The first-order valence-corrected chi connectivity index (χ1v) is 46.4. The summed E-state index contributed by atoms with van der Waals surface area (Å²) in [5.41, 5.74) is -1.53. The van der Waals surface area contributed by atoms with Gasteiger partial charge in [-0.15, -0.1) is 0 Å². The Labute approximate surface area is 756 Å². The summed E-state index contributed by atoms with van der Waals surface area (Å²) in [5.74, 6) is 14.1. The number of rotatable bonds is 15. The number of carbonyl (C=O) groups is 10. The maximum Gasteiger partial charge on any atom is 0.312 e. The molecule has 21 rings (SSSR count). The molecule has 0 aromatic heterocycles. The molecule has 0 radical (unpaired) electrons. The molecule has 16 saturated carbocycles. The zero-order valence-electron chi connectivity index (χ0n) is 72.0. The number of hydrogen-bond acceptors (Lipinski definition) is 20. The first kappa shape index (κ1) is 107. The van der Waals surface area contributed by atoms with Crippen LogP contribution in [0.4, 0.5) is 0 Å². The topological polar surface area (TPSA) is 263 Å². The van der Waals surface area contributed by atoms with E-state index < -0.39 is 10.8 Å². The van der Waals surface area contributed by atoms with Crippen molar-refractivity contribution in [2.45, 2.75) is 376 Å². The lowest BCUT2D eigenvalue weighted by molar-refractivity contribution is -0.173. The minimum atomic E-state index is -0.453. The van der Waals surface area contributed by atoms with E-state index in [-0.39, 0.29) is 221 Å². The lowest BCUT2D eigenvalue weighted by atomic mass is 9.58. The third kappa shape index (κ3) is 17.1. The summed E-state index contributed by atoms with van der Waals surface area (Å²) < 4.78 is 56.4. The molecule has 5 aliphatic heterocycles. The molecular formula is C105H178O20. The molecule has 5 spiro atoms. The van der Waals surface area contributed by atoms with E-state index in [0.717, 1.165) is 144 Å². The number of fused-ring (bicyclic) bond motifs is 36. The van der Waals surface area contributed by atoms with Gasteiger partial charge in [-0.1, -0.05) is 137 Å². The second kappa shape index (κ2) is 38.5. The number of esters is 10. The van der Waals surface area contributed by atoms with Gasteiger partial charge in [0.15, 0.2) is 0 Å². The zero-order valence-corrected chi connectivity index (χ0v) is 72.0. The van der Waals surface area contributed by atoms with Crippen LogP contribution in [0.1, 0.15) is 345 Å². The van der Waals surface area contributed by atoms with Gasteiger partial charge in [0.05, 0.1) is 91.2 Å². The maximum absolute atomic E-state index is 12.7. The predicted molar refractivity (Wildman–Crippen MR) is 487 cm³/mol. The van der Waals surface area contributed by atoms with E-state index in [1.165, 1.54) is 51.4 Å². The number of hydrogen-bond donors (Lipinski definition) is 0. The van der Waals surface area contributed by atoms with Gasteiger partial charge in [-0.2, -0.15) is 0 Å². The molecule has 0 N–H and O–H groups in total. The van der Waals surface area contributed by atoms with Crippen molar-refractivity contribution in [3.8, 4) is 0 Å². The molecule has 0 amide bonds. The fourth-order valence-electron chi connectivity index (χ4n) is 31.2. The third-order valence-electron chi connectivity index (χ3n) is 38.4. The first-order valence-electron chi connectivity index (χ1n) is 46.4. The molecular weight excluding hydrogens is 1580 g/mol. The molecule has 0 aromatic carbocycles. The van der Waals surface area contributed by atoms with Crippen molar-refractivity contribution in [1.82, 2.24) is 0 Å². The average Bonchev–Trinajstić information content (AvgIpc) is 1.52. The van der Waals surface area contributed by atoms with Crippen LogP contribution in [0, 0.1) is 197 Å². The summed E-state index contributed by atoms with van der Waals surface area (Å²) in [6, 6.07) is 0. The van der Waals surface area contributed by atoms with Crippen LogP contribution in [0.25, 0.3) is 0 Å². The smallest absolute Gasteiger partial charge is 0.312 e. The third-order valence-corrected chi connectivity index (χ3v) is 38.4. The molecule has 36 unspecified atom stereocenters. The summed E-state index contributed by atoms with van der Waals surface area (Å²) in [5, 5.41) is 0. The van der Waals surface area contributed by atoms with Crippen molar-refractivity contribution >= 4 is 59.7 Å². The van der Waals surface area contributed by atoms with E-state index in [1.54, 1.807) is 0 Å². The molecule has 0 aromatic rings. The van der Waals surface area contributed by atoms with E-state index in [9.17, 15) is 47.9 Å². The molecule has 21 aliphatic rings. The molecule has 36 atom stereocenters. The molecule has 16 aliphatic carbocycles. The molecule has 5 saturated heterocycles. The maximum atomic E-state index is 12.7. The van der Waals surface area contributed by atoms with Crippen LogP contribution >= 0.6 is 0 Å². The molecule has 16 bridgehead atoms. The average molecular weight is 1760 g/mol. The molecule has 21 fully saturated rings. The van der Waals surface area contributed by atoms with Crippen LogP contribution < -0.4 is 0 Å². The van der Waals surface area contributed by atoms with Gasteiger partial charge in [0.25, 0.3) is 0 Å². The summed E-state index contributed by atoms with van der Waals surface area (Å²) >= 11 is 0. The quantitative estimate of drug-likeness (QED) is 0.0838. The van der Waals surface area contributed by atoms with Crippen LogP contribution in [-0.2, 0) is 95.3 Å². The Morgan fingerprint density at radius 3 is 1.16 bits per heavy atom. The predicted octanol–water partition coefficient (Wildman–Crippen LogP) is 22.2. The van der Waals surface area contributed by atoms with Gasteiger partial charge in [0, 0.05) is 28.1 Å². The van der Waals surface area contributed by atoms with Gasteiger partial charge in [-0.25, -0.2) is 0 Å². The molecule has 20 heteroatoms. The Morgan fingerprint density at radius 2 is 0.744 bits per heavy atom. The van der Waals surface area contributed by atoms with Gasteiger partial charge in [0.2, 0.25) is 0 Å². The van der Waals surface area contributed by atoms with E-state index >= 15 is 0 Å². The fraction of sp³-hybridized carbons (Fsp3) is 0.905. The highest BCUT2D eigenvalue weighted by Gasteiger charge is 2.76. The van der Waals surface area contributed by atoms with Crippen molar-refractivity contribution in [2.75, 3.05) is 33.0 Å². The highest BCUT2D eigenvalue weighted by Crippen LogP contribution is 2.78. The Morgan fingerprint density at radius 1 is 0.360 bits per heavy atom. The Balaban J connectivity index is 0.000000211. The number of carbonyl (C=O) groups excluding carboxylic acids is 10. The van der Waals surface area contributed by atoms with Gasteiger partial charge < -0.3 is 47.4 Å². The van der Waals surface area contributed by atoms with E-state index in [0.29, 0.717) is 135 Å². The van der Waals surface area contributed by atoms with Crippen LogP contribution in [0.15, 0.2) is 0 Å². The van der Waals surface area contributed by atoms with E-state index in [1.807, 2.05) is 76.2 Å². The fourth-order valence-corrected chi connectivity index (χ4v) is 31.2. The number of ether oxygens (including phenoxy) is 10. The summed E-state index contributed by atoms with van der Waals surface area (Å²) in [6.45, 7) is 33.3. The van der Waals surface area contributed by atoms with Crippen LogP contribution in [0.3, 0.4) is 0 Å². The van der Waals surface area contributed by atoms with Gasteiger partial charge in [-0.3, -0.25) is 47.9 Å². The minimum Gasteiger partial charge on any atom is -0.465 e. The summed E-state index contributed by atoms with van der Waals surface area (Å²) in [4.78, 5) is 122. The largest absolute Gasteiger partial charge is 0.465 e. The normalized spacial score (nSPS) is 43.9. The lowest BCUT2D eigenvalue weighted by Crippen LogP contribution is -2.48. The van der Waals surface area contributed by atoms with Gasteiger partial charge in [0.1, 0.15) is 30.5 Å². The summed E-state index contributed by atoms with van der Waals surface area (Å²) in [6.07, 6.45) is 25.7. The van der Waals surface area contributed by atoms with Crippen molar-refractivity contribution in [2.24, 2.45) is 197 Å². The lowest BCUT2D eigenvalue weighted by Gasteiger charge is -2.47. The zero-order chi connectivity index (χ0) is 81.7. The Hall–Kier alpha value is -5.30. The van der Waals surface area contributed by atoms with Gasteiger partial charge in [-0.05, 0) is 319 Å².